The SMILES string of the molecule is CN(CCCSc1ccc(Cl)c(CNC2(c3cnccc3-c3ccccc3OC3CC3)CC2)c1)C(=O)C(O)CCCCO. The molecule has 2 aliphatic rings. The standard InChI is InChI=1S/C34H42ClN3O4S/c1-38(33(41)31(40)8-4-5-19-39)18-6-20-43-26-12-13-30(35)24(21-26)22-37-34(15-16-34)29-23-36-17-14-27(29)28-7-2-3-9-32(28)42-25-10-11-25/h2-3,7,9,12-14,17,21,23,25,31,37,39-40H,4-6,8,10-11,15-16,18-20,22H2,1H3. The maximum absolute atomic E-state index is 12.4. The molecule has 1 amide bonds. The highest BCUT2D eigenvalue weighted by atomic mass is 35.5. The molecular formula is C34H42ClN3O4S. The van der Waals surface area contributed by atoms with Crippen LogP contribution in [0.15, 0.2) is 65.8 Å². The van der Waals surface area contributed by atoms with Crippen molar-refractivity contribution in [2.75, 3.05) is 26.0 Å². The number of rotatable bonds is 17. The molecule has 2 saturated carbocycles. The highest BCUT2D eigenvalue weighted by molar-refractivity contribution is 7.99. The van der Waals surface area contributed by atoms with Crippen LogP contribution in [0.4, 0.5) is 0 Å². The smallest absolute Gasteiger partial charge is 0.251 e. The number of halogens is 1. The van der Waals surface area contributed by atoms with Gasteiger partial charge in [-0.25, -0.2) is 0 Å². The number of ether oxygens (including phenoxy) is 1. The van der Waals surface area contributed by atoms with E-state index in [1.807, 2.05) is 30.6 Å². The lowest BCUT2D eigenvalue weighted by atomic mass is 9.94. The van der Waals surface area contributed by atoms with E-state index in [0.29, 0.717) is 38.5 Å². The Balaban J connectivity index is 1.17. The van der Waals surface area contributed by atoms with E-state index in [1.165, 1.54) is 5.56 Å². The molecule has 3 aromatic rings. The van der Waals surface area contributed by atoms with Crippen LogP contribution in [0.5, 0.6) is 5.75 Å². The van der Waals surface area contributed by atoms with E-state index < -0.39 is 6.10 Å². The number of para-hydroxylation sites is 1. The molecule has 5 rings (SSSR count). The van der Waals surface area contributed by atoms with E-state index in [2.05, 4.69) is 40.6 Å². The fraction of sp³-hybridized carbons (Fsp3) is 0.471. The number of unbranched alkanes of at least 4 members (excludes halogenated alkanes) is 1. The minimum absolute atomic E-state index is 0.0773. The number of hydrogen-bond donors (Lipinski definition) is 3. The van der Waals surface area contributed by atoms with Gasteiger partial charge in [-0.1, -0.05) is 29.8 Å². The second-order valence-electron chi connectivity index (χ2n) is 11.6. The molecule has 1 unspecified atom stereocenters. The monoisotopic (exact) mass is 623 g/mol. The summed E-state index contributed by atoms with van der Waals surface area (Å²) in [6.45, 7) is 1.30. The first-order chi connectivity index (χ1) is 20.9. The van der Waals surface area contributed by atoms with Gasteiger partial charge in [0, 0.05) is 60.2 Å². The summed E-state index contributed by atoms with van der Waals surface area (Å²) in [5.74, 6) is 1.52. The molecule has 2 fully saturated rings. The lowest BCUT2D eigenvalue weighted by Crippen LogP contribution is -2.37. The Bertz CT molecular complexity index is 1380. The zero-order chi connectivity index (χ0) is 30.2. The van der Waals surface area contributed by atoms with Gasteiger partial charge in [0.05, 0.1) is 6.10 Å². The van der Waals surface area contributed by atoms with Gasteiger partial charge in [0.2, 0.25) is 0 Å². The second kappa shape index (κ2) is 14.9. The molecule has 0 spiro atoms. The molecule has 43 heavy (non-hydrogen) atoms. The first kappa shape index (κ1) is 31.8. The van der Waals surface area contributed by atoms with Gasteiger partial charge in [0.25, 0.3) is 5.91 Å². The van der Waals surface area contributed by atoms with Gasteiger partial charge in [0.15, 0.2) is 0 Å². The summed E-state index contributed by atoms with van der Waals surface area (Å²) in [6, 6.07) is 16.5. The van der Waals surface area contributed by atoms with Crippen LogP contribution in [0.1, 0.15) is 62.5 Å². The molecule has 0 radical (unpaired) electrons. The van der Waals surface area contributed by atoms with Crippen LogP contribution in [0, 0.1) is 0 Å². The minimum Gasteiger partial charge on any atom is -0.490 e. The first-order valence-corrected chi connectivity index (χ1v) is 16.7. The summed E-state index contributed by atoms with van der Waals surface area (Å²) in [5.41, 5.74) is 4.37. The van der Waals surface area contributed by atoms with Crippen molar-refractivity contribution >= 4 is 29.3 Å². The average molecular weight is 624 g/mol. The van der Waals surface area contributed by atoms with Gasteiger partial charge in [0.1, 0.15) is 11.9 Å². The highest BCUT2D eigenvalue weighted by Gasteiger charge is 2.46. The van der Waals surface area contributed by atoms with Crippen molar-refractivity contribution in [3.8, 4) is 16.9 Å². The number of thioether (sulfide) groups is 1. The summed E-state index contributed by atoms with van der Waals surface area (Å²) >= 11 is 8.39. The minimum atomic E-state index is -1.00. The van der Waals surface area contributed by atoms with Crippen molar-refractivity contribution in [3.05, 3.63) is 77.1 Å². The second-order valence-corrected chi connectivity index (χ2v) is 13.2. The largest absolute Gasteiger partial charge is 0.490 e. The number of carbonyl (C=O) groups is 1. The Kier molecular flexibility index (Phi) is 11.0. The molecule has 2 aromatic carbocycles. The number of aromatic nitrogens is 1. The number of nitrogens with one attached hydrogen (secondary N) is 1. The molecule has 230 valence electrons. The third-order valence-electron chi connectivity index (χ3n) is 8.17. The highest BCUT2D eigenvalue weighted by Crippen LogP contribution is 2.50. The topological polar surface area (TPSA) is 94.9 Å². The first-order valence-electron chi connectivity index (χ1n) is 15.3. The summed E-state index contributed by atoms with van der Waals surface area (Å²) in [6.07, 6.45) is 9.91. The number of aliphatic hydroxyl groups excluding tert-OH is 2. The van der Waals surface area contributed by atoms with Crippen LogP contribution in [0.2, 0.25) is 5.02 Å². The molecule has 2 aliphatic carbocycles. The number of carbonyl (C=O) groups excluding carboxylic acids is 1. The van der Waals surface area contributed by atoms with Crippen molar-refractivity contribution < 1.29 is 19.7 Å². The maximum Gasteiger partial charge on any atom is 0.251 e. The molecule has 7 nitrogen and oxygen atoms in total. The van der Waals surface area contributed by atoms with Gasteiger partial charge in [-0.3, -0.25) is 9.78 Å². The Hall–Kier alpha value is -2.62. The van der Waals surface area contributed by atoms with Crippen LogP contribution in [0.3, 0.4) is 0 Å². The Morgan fingerprint density at radius 2 is 1.98 bits per heavy atom. The number of pyridine rings is 1. The Morgan fingerprint density at radius 3 is 2.74 bits per heavy atom. The van der Waals surface area contributed by atoms with Gasteiger partial charge < -0.3 is 25.2 Å². The lowest BCUT2D eigenvalue weighted by Gasteiger charge is -2.23. The number of benzene rings is 2. The molecule has 0 bridgehead atoms. The molecule has 1 heterocycles. The van der Waals surface area contributed by atoms with E-state index in [0.717, 1.165) is 70.2 Å². The van der Waals surface area contributed by atoms with Crippen LogP contribution in [-0.2, 0) is 16.9 Å². The van der Waals surface area contributed by atoms with E-state index in [4.69, 9.17) is 21.4 Å². The number of amides is 1. The molecule has 1 atom stereocenters. The third-order valence-corrected chi connectivity index (χ3v) is 9.62. The lowest BCUT2D eigenvalue weighted by molar-refractivity contribution is -0.139. The van der Waals surface area contributed by atoms with Gasteiger partial charge in [-0.15, -0.1) is 11.8 Å². The molecule has 3 N–H and O–H groups in total. The quantitative estimate of drug-likeness (QED) is 0.122. The van der Waals surface area contributed by atoms with E-state index in [9.17, 15) is 9.90 Å². The number of nitrogens with zero attached hydrogens (tertiary/aromatic N) is 2. The molecular weight excluding hydrogens is 582 g/mol. The number of likely N-dealkylation sites (N-methyl/N-ethyl adjacent to an activating group) is 1. The van der Waals surface area contributed by atoms with E-state index in [1.54, 1.807) is 23.7 Å². The molecule has 0 aliphatic heterocycles. The van der Waals surface area contributed by atoms with Crippen LogP contribution in [-0.4, -0.2) is 64.2 Å². The zero-order valence-corrected chi connectivity index (χ0v) is 26.4. The van der Waals surface area contributed by atoms with Crippen LogP contribution in [0.25, 0.3) is 11.1 Å². The predicted molar refractivity (Wildman–Crippen MR) is 172 cm³/mol. The van der Waals surface area contributed by atoms with Gasteiger partial charge in [-0.05, 0) is 104 Å². The van der Waals surface area contributed by atoms with Crippen LogP contribution >= 0.6 is 23.4 Å². The molecule has 1 aromatic heterocycles. The average Bonchev–Trinajstić information content (AvgIpc) is 3.97. The normalized spacial score (nSPS) is 16.1. The summed E-state index contributed by atoms with van der Waals surface area (Å²) in [5, 5.41) is 23.6. The van der Waals surface area contributed by atoms with Crippen molar-refractivity contribution in [1.82, 2.24) is 15.2 Å². The van der Waals surface area contributed by atoms with E-state index >= 15 is 0 Å². The predicted octanol–water partition coefficient (Wildman–Crippen LogP) is 6.19. The van der Waals surface area contributed by atoms with Crippen molar-refractivity contribution in [3.63, 3.8) is 0 Å². The van der Waals surface area contributed by atoms with Crippen LogP contribution < -0.4 is 10.1 Å². The fourth-order valence-corrected chi connectivity index (χ4v) is 6.39. The van der Waals surface area contributed by atoms with Gasteiger partial charge in [-0.2, -0.15) is 0 Å². The van der Waals surface area contributed by atoms with Crippen molar-refractivity contribution in [1.29, 1.82) is 0 Å². The maximum atomic E-state index is 12.4. The summed E-state index contributed by atoms with van der Waals surface area (Å²) in [7, 11) is 1.73. The number of aliphatic hydroxyl groups is 2. The van der Waals surface area contributed by atoms with E-state index in [-0.39, 0.29) is 18.1 Å². The molecule has 9 heteroatoms. The number of hydrogen-bond acceptors (Lipinski definition) is 7. The zero-order valence-electron chi connectivity index (χ0n) is 24.8. The Morgan fingerprint density at radius 1 is 1.16 bits per heavy atom. The molecule has 0 saturated heterocycles. The third kappa shape index (κ3) is 8.52. The van der Waals surface area contributed by atoms with Crippen molar-refractivity contribution in [2.24, 2.45) is 0 Å². The van der Waals surface area contributed by atoms with Crippen molar-refractivity contribution in [2.45, 2.75) is 80.6 Å². The Labute approximate surface area is 264 Å². The summed E-state index contributed by atoms with van der Waals surface area (Å²) < 4.78 is 6.25. The fourth-order valence-electron chi connectivity index (χ4n) is 5.30. The summed E-state index contributed by atoms with van der Waals surface area (Å²) in [4.78, 5) is 19.6. The van der Waals surface area contributed by atoms with Gasteiger partial charge >= 0.3 is 0 Å².